The number of rotatable bonds is 2. The van der Waals surface area contributed by atoms with Gasteiger partial charge in [-0.1, -0.05) is 36.4 Å². The average Bonchev–Trinajstić information content (AvgIpc) is 3.84. The number of nitrogens with zero attached hydrogens (tertiary/aromatic N) is 3. The maximum Gasteiger partial charge on any atom is 0.0995 e. The zero-order valence-corrected chi connectivity index (χ0v) is 34.2. The lowest BCUT2D eigenvalue weighted by molar-refractivity contribution is 0.00322. The molecule has 3 heteroatoms. The van der Waals surface area contributed by atoms with E-state index >= 15 is 0 Å². The van der Waals surface area contributed by atoms with E-state index in [2.05, 4.69) is 98.8 Å². The van der Waals surface area contributed by atoms with Gasteiger partial charge in [0.25, 0.3) is 0 Å². The molecular weight excluding hydrogens is 703 g/mol. The van der Waals surface area contributed by atoms with E-state index in [9.17, 15) is 10.5 Å². The van der Waals surface area contributed by atoms with Crippen molar-refractivity contribution in [2.75, 3.05) is 0 Å². The van der Waals surface area contributed by atoms with Crippen LogP contribution in [0, 0.1) is 79.4 Å². The maximum absolute atomic E-state index is 11.2. The Bertz CT molecular complexity index is 3110. The van der Waals surface area contributed by atoms with Crippen molar-refractivity contribution in [3.05, 3.63) is 110 Å². The van der Waals surface area contributed by atoms with Gasteiger partial charge in [0.1, 0.15) is 0 Å². The predicted molar refractivity (Wildman–Crippen MR) is 234 cm³/mol. The molecule has 7 bridgehead atoms. The Morgan fingerprint density at radius 3 is 1.47 bits per heavy atom. The molecule has 0 N–H and O–H groups in total. The standard InChI is InChI=1S/C55H49N3/c1-26-7-5-8-27(2)44(26)40-21-41(45-28(3)9-6-10-29(45)4)51-53-43(19-37(25-57)47-34-16-38-20-39-17-35(49(47)53)23-55(38,39)22-34)58-42-18-36(24-56)46-32-12-30-11-31(13-32)15-33(14-30)48(46)52(42)50(40)54(51)58/h5-10,18-19,21,30-35,38-39H,11-17,20,22-23H2,1-4H3. The van der Waals surface area contributed by atoms with E-state index < -0.39 is 0 Å². The fourth-order valence-corrected chi connectivity index (χ4v) is 16.8. The van der Waals surface area contributed by atoms with Gasteiger partial charge in [0.05, 0.1) is 39.8 Å². The lowest BCUT2D eigenvalue weighted by Crippen LogP contribution is -2.41. The molecular formula is C55H49N3. The Morgan fingerprint density at radius 1 is 0.517 bits per heavy atom. The van der Waals surface area contributed by atoms with Gasteiger partial charge in [0.2, 0.25) is 0 Å². The number of fused-ring (bicyclic) bond motifs is 12. The normalized spacial score (nSPS) is 30.8. The third-order valence-corrected chi connectivity index (χ3v) is 18.4. The summed E-state index contributed by atoms with van der Waals surface area (Å²) in [6, 6.07) is 26.6. The van der Waals surface area contributed by atoms with Gasteiger partial charge in [0, 0.05) is 21.5 Å². The quantitative estimate of drug-likeness (QED) is 0.177. The lowest BCUT2D eigenvalue weighted by atomic mass is 9.56. The first-order valence-corrected chi connectivity index (χ1v) is 22.6. The molecule has 8 aliphatic carbocycles. The summed E-state index contributed by atoms with van der Waals surface area (Å²) in [5.74, 6) is 5.11. The van der Waals surface area contributed by atoms with E-state index in [4.69, 9.17) is 0 Å². The largest absolute Gasteiger partial charge is 0.308 e. The molecule has 2 heterocycles. The molecule has 5 saturated carbocycles. The summed E-state index contributed by atoms with van der Waals surface area (Å²) in [7, 11) is 0. The number of hydrogen-bond donors (Lipinski definition) is 0. The van der Waals surface area contributed by atoms with Crippen LogP contribution in [0.15, 0.2) is 54.6 Å². The minimum atomic E-state index is 0.466. The van der Waals surface area contributed by atoms with Crippen LogP contribution in [-0.2, 0) is 0 Å². The highest BCUT2D eigenvalue weighted by Crippen LogP contribution is 2.77. The van der Waals surface area contributed by atoms with E-state index in [-0.39, 0.29) is 0 Å². The van der Waals surface area contributed by atoms with E-state index in [0.717, 1.165) is 34.8 Å². The van der Waals surface area contributed by atoms with Gasteiger partial charge in [-0.2, -0.15) is 10.5 Å². The zero-order valence-electron chi connectivity index (χ0n) is 34.2. The van der Waals surface area contributed by atoms with Crippen LogP contribution in [0.5, 0.6) is 0 Å². The summed E-state index contributed by atoms with van der Waals surface area (Å²) >= 11 is 0. The second-order valence-electron chi connectivity index (χ2n) is 20.9. The van der Waals surface area contributed by atoms with Gasteiger partial charge < -0.3 is 4.40 Å². The first-order valence-electron chi connectivity index (χ1n) is 22.6. The molecule has 1 spiro atoms. The van der Waals surface area contributed by atoms with Crippen molar-refractivity contribution < 1.29 is 0 Å². The summed E-state index contributed by atoms with van der Waals surface area (Å²) in [4.78, 5) is 0. The molecule has 0 radical (unpaired) electrons. The van der Waals surface area contributed by atoms with Crippen LogP contribution in [0.3, 0.4) is 0 Å². The molecule has 0 amide bonds. The fourth-order valence-electron chi connectivity index (χ4n) is 16.8. The number of hydrogen-bond acceptors (Lipinski definition) is 2. The van der Waals surface area contributed by atoms with Crippen molar-refractivity contribution in [3.8, 4) is 34.4 Å². The summed E-state index contributed by atoms with van der Waals surface area (Å²) in [5.41, 5.74) is 22.5. The smallest absolute Gasteiger partial charge is 0.0995 e. The minimum Gasteiger partial charge on any atom is -0.308 e. The summed E-state index contributed by atoms with van der Waals surface area (Å²) in [6.07, 6.45) is 12.8. The Hall–Kier alpha value is -5.12. The molecule has 8 aliphatic rings. The molecule has 0 aliphatic heterocycles. The maximum atomic E-state index is 11.2. The van der Waals surface area contributed by atoms with Crippen molar-refractivity contribution in [2.45, 2.75) is 116 Å². The van der Waals surface area contributed by atoms with Gasteiger partial charge in [-0.15, -0.1) is 0 Å². The molecule has 15 rings (SSSR count). The number of benzene rings is 5. The topological polar surface area (TPSA) is 52.0 Å². The van der Waals surface area contributed by atoms with Crippen LogP contribution in [0.25, 0.3) is 60.3 Å². The van der Waals surface area contributed by atoms with Crippen molar-refractivity contribution in [1.29, 1.82) is 10.5 Å². The van der Waals surface area contributed by atoms with Crippen molar-refractivity contribution >= 4 is 38.1 Å². The van der Waals surface area contributed by atoms with E-state index in [0.29, 0.717) is 29.1 Å². The number of aromatic nitrogens is 1. The molecule has 5 fully saturated rings. The molecule has 7 aromatic rings. The molecule has 7 atom stereocenters. The van der Waals surface area contributed by atoms with Crippen LogP contribution in [0.4, 0.5) is 0 Å². The summed E-state index contributed by atoms with van der Waals surface area (Å²) in [5, 5.41) is 28.0. The van der Waals surface area contributed by atoms with Crippen LogP contribution < -0.4 is 0 Å². The third-order valence-electron chi connectivity index (χ3n) is 18.4. The van der Waals surface area contributed by atoms with Gasteiger partial charge in [0.15, 0.2) is 0 Å². The Balaban J connectivity index is 1.26. The molecule has 284 valence electrons. The van der Waals surface area contributed by atoms with Crippen molar-refractivity contribution in [3.63, 3.8) is 0 Å². The highest BCUT2D eigenvalue weighted by atomic mass is 14.9. The van der Waals surface area contributed by atoms with Crippen LogP contribution in [-0.4, -0.2) is 4.40 Å². The Morgan fingerprint density at radius 2 is 0.966 bits per heavy atom. The van der Waals surface area contributed by atoms with Crippen molar-refractivity contribution in [2.24, 2.45) is 29.1 Å². The second kappa shape index (κ2) is 10.7. The molecule has 5 aromatic carbocycles. The summed E-state index contributed by atoms with van der Waals surface area (Å²) < 4.78 is 2.62. The van der Waals surface area contributed by atoms with Crippen LogP contribution >= 0.6 is 0 Å². The van der Waals surface area contributed by atoms with Gasteiger partial charge in [-0.3, -0.25) is 0 Å². The molecule has 3 nitrogen and oxygen atoms in total. The van der Waals surface area contributed by atoms with Gasteiger partial charge in [-0.25, -0.2) is 0 Å². The fraction of sp³-hybridized carbons (Fsp3) is 0.418. The average molecular weight is 752 g/mol. The predicted octanol–water partition coefficient (Wildman–Crippen LogP) is 13.9. The molecule has 7 unspecified atom stereocenters. The van der Waals surface area contributed by atoms with Crippen LogP contribution in [0.2, 0.25) is 0 Å². The van der Waals surface area contributed by atoms with Gasteiger partial charge >= 0.3 is 0 Å². The van der Waals surface area contributed by atoms with E-state index in [1.807, 2.05) is 0 Å². The number of aryl methyl sites for hydroxylation is 4. The molecule has 58 heavy (non-hydrogen) atoms. The van der Waals surface area contributed by atoms with E-state index in [1.54, 1.807) is 0 Å². The van der Waals surface area contributed by atoms with Crippen molar-refractivity contribution in [1.82, 2.24) is 4.40 Å². The lowest BCUT2D eigenvalue weighted by Gasteiger charge is -2.48. The van der Waals surface area contributed by atoms with E-state index in [1.165, 1.54) is 169 Å². The molecule has 2 aromatic heterocycles. The Labute approximate surface area is 341 Å². The monoisotopic (exact) mass is 751 g/mol. The highest BCUT2D eigenvalue weighted by molar-refractivity contribution is 6.32. The van der Waals surface area contributed by atoms with Crippen LogP contribution in [0.1, 0.15) is 144 Å². The van der Waals surface area contributed by atoms with Gasteiger partial charge in [-0.05, 0) is 230 Å². The zero-order chi connectivity index (χ0) is 38.7. The summed E-state index contributed by atoms with van der Waals surface area (Å²) in [6.45, 7) is 9.22. The first-order chi connectivity index (χ1) is 28.3. The highest BCUT2D eigenvalue weighted by Gasteiger charge is 2.66. The Kier molecular flexibility index (Phi) is 6.07. The SMILES string of the molecule is Cc1cccc(C)c1-c1cc(-c2c(C)cccc2C)c2c3c4c(c(C#N)cc3n3c5cc(C#N)c6c(c5c1c23)C1CC2CC(CC6C2)C1)C1CC2CC3CC4CC23C1. The minimum absolute atomic E-state index is 0.466. The molecule has 0 saturated heterocycles. The first kappa shape index (κ1) is 32.8. The third kappa shape index (κ3) is 3.70. The number of nitriles is 2. The second-order valence-corrected chi connectivity index (χ2v) is 20.9.